The van der Waals surface area contributed by atoms with E-state index in [2.05, 4.69) is 114 Å². The van der Waals surface area contributed by atoms with Crippen molar-refractivity contribution >= 4 is 24.2 Å². The Balaban J connectivity index is 0.00000245. The lowest BCUT2D eigenvalue weighted by molar-refractivity contribution is 0.195. The van der Waals surface area contributed by atoms with Crippen molar-refractivity contribution in [3.63, 3.8) is 0 Å². The molecule has 2 heterocycles. The number of hydrogen-bond acceptors (Lipinski definition) is 3. The van der Waals surface area contributed by atoms with Crippen LogP contribution >= 0.6 is 12.4 Å². The van der Waals surface area contributed by atoms with E-state index in [1.54, 1.807) is 0 Å². The van der Waals surface area contributed by atoms with Crippen LogP contribution in [0.3, 0.4) is 0 Å². The number of nitrogens with zero attached hydrogens (tertiary/aromatic N) is 3. The van der Waals surface area contributed by atoms with E-state index < -0.39 is 0 Å². The first-order valence-corrected chi connectivity index (χ1v) is 11.2. The molecule has 3 aromatic rings. The smallest absolute Gasteiger partial charge is 0.0813 e. The van der Waals surface area contributed by atoms with Gasteiger partial charge in [0.05, 0.1) is 11.8 Å². The minimum Gasteiger partial charge on any atom is -0.298 e. The van der Waals surface area contributed by atoms with Crippen LogP contribution in [0.1, 0.15) is 22.7 Å². The lowest BCUT2D eigenvalue weighted by Gasteiger charge is -2.36. The van der Waals surface area contributed by atoms with Crippen molar-refractivity contribution in [3.8, 4) is 0 Å². The quantitative estimate of drug-likeness (QED) is 0.503. The van der Waals surface area contributed by atoms with Crippen molar-refractivity contribution in [2.75, 3.05) is 26.7 Å². The monoisotopic (exact) mass is 443 g/mol. The van der Waals surface area contributed by atoms with Crippen molar-refractivity contribution in [3.05, 3.63) is 113 Å². The highest BCUT2D eigenvalue weighted by atomic mass is 35.5. The van der Waals surface area contributed by atoms with Gasteiger partial charge in [-0.05, 0) is 34.8 Å². The molecule has 0 bridgehead atoms. The number of benzene rings is 3. The first-order valence-electron chi connectivity index (χ1n) is 11.2. The fraction of sp³-hybridized carbons (Fsp3) is 0.250. The second-order valence-electron chi connectivity index (χ2n) is 8.57. The number of hydrazone groups is 1. The number of fused-ring (bicyclic) bond motifs is 1. The molecule has 0 radical (unpaired) electrons. The van der Waals surface area contributed by atoms with E-state index in [-0.39, 0.29) is 18.4 Å². The summed E-state index contributed by atoms with van der Waals surface area (Å²) in [6, 6.07) is 32.6. The number of likely N-dealkylation sites (tertiary alicyclic amines) is 1. The maximum absolute atomic E-state index is 5.05. The zero-order chi connectivity index (χ0) is 21.0. The van der Waals surface area contributed by atoms with Gasteiger partial charge < -0.3 is 0 Å². The first-order chi connectivity index (χ1) is 15.3. The average Bonchev–Trinajstić information content (AvgIpc) is 3.16. The standard InChI is InChI=1S/C28H29N3.ClH/c1-30-28(24-15-9-4-10-16-24)26-21-31(18-17-22-11-5-2-6-12-22)20-25(27(26)29-30)19-23-13-7-3-8-14-23;/h2-16,19,26,28H,17-18,20-21H2,1H3;1H/b25-19+;. The summed E-state index contributed by atoms with van der Waals surface area (Å²) in [5, 5.41) is 7.23. The summed E-state index contributed by atoms with van der Waals surface area (Å²) in [5.74, 6) is 0.381. The highest BCUT2D eigenvalue weighted by Gasteiger charge is 2.41. The van der Waals surface area contributed by atoms with E-state index in [4.69, 9.17) is 5.10 Å². The Labute approximate surface area is 197 Å². The zero-order valence-electron chi connectivity index (χ0n) is 18.5. The van der Waals surface area contributed by atoms with Crippen LogP contribution in [0.5, 0.6) is 0 Å². The molecule has 32 heavy (non-hydrogen) atoms. The minimum absolute atomic E-state index is 0. The van der Waals surface area contributed by atoms with E-state index in [1.165, 1.54) is 28.0 Å². The van der Waals surface area contributed by atoms with Gasteiger partial charge in [-0.1, -0.05) is 91.0 Å². The van der Waals surface area contributed by atoms with Gasteiger partial charge in [0.25, 0.3) is 0 Å². The van der Waals surface area contributed by atoms with Gasteiger partial charge in [-0.15, -0.1) is 12.4 Å². The molecular weight excluding hydrogens is 414 g/mol. The van der Waals surface area contributed by atoms with Crippen molar-refractivity contribution in [1.29, 1.82) is 0 Å². The molecule has 0 aromatic heterocycles. The molecule has 4 heteroatoms. The lowest BCUT2D eigenvalue weighted by Crippen LogP contribution is -2.44. The number of piperidine rings is 1. The Morgan fingerprint density at radius 3 is 2.19 bits per heavy atom. The van der Waals surface area contributed by atoms with E-state index >= 15 is 0 Å². The van der Waals surface area contributed by atoms with Crippen molar-refractivity contribution in [2.24, 2.45) is 11.0 Å². The molecule has 0 N–H and O–H groups in total. The third-order valence-corrected chi connectivity index (χ3v) is 6.42. The van der Waals surface area contributed by atoms with Crippen LogP contribution in [0.15, 0.2) is 102 Å². The summed E-state index contributed by atoms with van der Waals surface area (Å²) in [4.78, 5) is 2.61. The molecule has 1 saturated heterocycles. The largest absolute Gasteiger partial charge is 0.298 e. The van der Waals surface area contributed by atoms with Crippen LogP contribution in [0.4, 0.5) is 0 Å². The van der Waals surface area contributed by atoms with E-state index in [9.17, 15) is 0 Å². The van der Waals surface area contributed by atoms with Crippen LogP contribution in [0.25, 0.3) is 6.08 Å². The van der Waals surface area contributed by atoms with E-state index in [0.717, 1.165) is 26.1 Å². The molecule has 1 fully saturated rings. The maximum atomic E-state index is 5.05. The Hall–Kier alpha value is -2.88. The molecular formula is C28H30ClN3. The molecule has 3 nitrogen and oxygen atoms in total. The van der Waals surface area contributed by atoms with Crippen LogP contribution < -0.4 is 0 Å². The van der Waals surface area contributed by atoms with Crippen molar-refractivity contribution in [1.82, 2.24) is 9.91 Å². The highest BCUT2D eigenvalue weighted by molar-refractivity contribution is 6.07. The number of halogens is 1. The summed E-state index contributed by atoms with van der Waals surface area (Å²) >= 11 is 0. The molecule has 0 aliphatic carbocycles. The van der Waals surface area contributed by atoms with Crippen LogP contribution in [-0.2, 0) is 6.42 Å². The molecule has 5 rings (SSSR count). The second kappa shape index (κ2) is 10.2. The maximum Gasteiger partial charge on any atom is 0.0813 e. The SMILES string of the molecule is CN1N=C2/C(=C/c3ccccc3)CN(CCc3ccccc3)CC2C1c1ccccc1.Cl. The fourth-order valence-electron chi connectivity index (χ4n) is 4.94. The number of rotatable bonds is 5. The highest BCUT2D eigenvalue weighted by Crippen LogP contribution is 2.39. The van der Waals surface area contributed by atoms with Gasteiger partial charge in [0.15, 0.2) is 0 Å². The normalized spacial score (nSPS) is 21.7. The minimum atomic E-state index is 0. The Kier molecular flexibility index (Phi) is 7.09. The van der Waals surface area contributed by atoms with Gasteiger partial charge in [0.1, 0.15) is 0 Å². The van der Waals surface area contributed by atoms with Crippen molar-refractivity contribution < 1.29 is 0 Å². The van der Waals surface area contributed by atoms with Gasteiger partial charge in [0, 0.05) is 32.6 Å². The molecule has 0 saturated carbocycles. The molecule has 0 amide bonds. The molecule has 0 spiro atoms. The third kappa shape index (κ3) is 4.79. The Bertz CT molecular complexity index is 1060. The first kappa shape index (κ1) is 22.3. The van der Waals surface area contributed by atoms with Crippen LogP contribution in [0.2, 0.25) is 0 Å². The average molecular weight is 444 g/mol. The zero-order valence-corrected chi connectivity index (χ0v) is 19.3. The summed E-state index contributed by atoms with van der Waals surface area (Å²) in [6.07, 6.45) is 3.41. The lowest BCUT2D eigenvalue weighted by atomic mass is 9.83. The van der Waals surface area contributed by atoms with Gasteiger partial charge in [-0.2, -0.15) is 5.10 Å². The summed E-state index contributed by atoms with van der Waals surface area (Å²) in [5.41, 5.74) is 6.60. The summed E-state index contributed by atoms with van der Waals surface area (Å²) < 4.78 is 0. The number of hydrogen-bond donors (Lipinski definition) is 0. The molecule has 2 atom stereocenters. The molecule has 3 aromatic carbocycles. The molecule has 2 aliphatic heterocycles. The Morgan fingerprint density at radius 2 is 1.50 bits per heavy atom. The summed E-state index contributed by atoms with van der Waals surface area (Å²) in [7, 11) is 2.12. The van der Waals surface area contributed by atoms with Gasteiger partial charge in [-0.3, -0.25) is 9.91 Å². The molecule has 164 valence electrons. The van der Waals surface area contributed by atoms with Crippen LogP contribution in [0, 0.1) is 5.92 Å². The second-order valence-corrected chi connectivity index (χ2v) is 8.57. The fourth-order valence-corrected chi connectivity index (χ4v) is 4.94. The van der Waals surface area contributed by atoms with E-state index in [0.29, 0.717) is 5.92 Å². The predicted molar refractivity (Wildman–Crippen MR) is 136 cm³/mol. The van der Waals surface area contributed by atoms with Crippen molar-refractivity contribution in [2.45, 2.75) is 12.5 Å². The topological polar surface area (TPSA) is 18.8 Å². The third-order valence-electron chi connectivity index (χ3n) is 6.42. The van der Waals surface area contributed by atoms with Gasteiger partial charge in [-0.25, -0.2) is 0 Å². The van der Waals surface area contributed by atoms with E-state index in [1.807, 2.05) is 0 Å². The van der Waals surface area contributed by atoms with Crippen LogP contribution in [-0.4, -0.2) is 42.3 Å². The molecule has 2 aliphatic rings. The Morgan fingerprint density at radius 1 is 0.875 bits per heavy atom. The molecule has 2 unspecified atom stereocenters. The van der Waals surface area contributed by atoms with Gasteiger partial charge in [0.2, 0.25) is 0 Å². The summed E-state index contributed by atoms with van der Waals surface area (Å²) in [6.45, 7) is 3.05. The van der Waals surface area contributed by atoms with Gasteiger partial charge >= 0.3 is 0 Å². The predicted octanol–water partition coefficient (Wildman–Crippen LogP) is 5.71.